The zero-order valence-corrected chi connectivity index (χ0v) is 11.4. The van der Waals surface area contributed by atoms with Gasteiger partial charge in [-0.3, -0.25) is 0 Å². The van der Waals surface area contributed by atoms with Crippen molar-refractivity contribution in [2.45, 2.75) is 36.9 Å². The first-order valence-electron chi connectivity index (χ1n) is 6.69. The van der Waals surface area contributed by atoms with Gasteiger partial charge in [-0.25, -0.2) is 0 Å². The van der Waals surface area contributed by atoms with Crippen LogP contribution in [0, 0.1) is 0 Å². The number of fused-ring (bicyclic) bond motifs is 1. The van der Waals surface area contributed by atoms with E-state index in [-0.39, 0.29) is 0 Å². The molecule has 17 heavy (non-hydrogen) atoms. The van der Waals surface area contributed by atoms with Crippen molar-refractivity contribution >= 4 is 11.8 Å². The summed E-state index contributed by atoms with van der Waals surface area (Å²) in [6.45, 7) is 4.75. The van der Waals surface area contributed by atoms with Crippen LogP contribution in [0.15, 0.2) is 24.3 Å². The number of rotatable bonds is 4. The molecule has 2 unspecified atom stereocenters. The Bertz CT molecular complexity index is 396. The van der Waals surface area contributed by atoms with E-state index in [1.165, 1.54) is 31.6 Å². The maximum Gasteiger partial charge on any atom is 0.0256 e. The SMILES string of the molecule is CC1(CNCC2Cc3ccccc32)CCCS1. The second-order valence-electron chi connectivity index (χ2n) is 5.63. The van der Waals surface area contributed by atoms with Crippen molar-refractivity contribution in [3.8, 4) is 0 Å². The Kier molecular flexibility index (Phi) is 3.18. The second-order valence-corrected chi connectivity index (χ2v) is 7.32. The van der Waals surface area contributed by atoms with Crippen LogP contribution < -0.4 is 5.32 Å². The van der Waals surface area contributed by atoms with Crippen LogP contribution in [0.5, 0.6) is 0 Å². The van der Waals surface area contributed by atoms with Crippen molar-refractivity contribution in [1.29, 1.82) is 0 Å². The zero-order valence-electron chi connectivity index (χ0n) is 10.5. The summed E-state index contributed by atoms with van der Waals surface area (Å²) in [5, 5.41) is 3.69. The third-order valence-electron chi connectivity index (χ3n) is 4.15. The van der Waals surface area contributed by atoms with Gasteiger partial charge in [0.1, 0.15) is 0 Å². The molecule has 2 heteroatoms. The number of nitrogens with one attached hydrogen (secondary N) is 1. The molecule has 0 spiro atoms. The van der Waals surface area contributed by atoms with Crippen molar-refractivity contribution < 1.29 is 0 Å². The summed E-state index contributed by atoms with van der Waals surface area (Å²) >= 11 is 2.15. The van der Waals surface area contributed by atoms with Gasteiger partial charge in [0.15, 0.2) is 0 Å². The molecule has 3 rings (SSSR count). The van der Waals surface area contributed by atoms with Crippen LogP contribution in [-0.2, 0) is 6.42 Å². The highest BCUT2D eigenvalue weighted by Crippen LogP contribution is 2.38. The Hall–Kier alpha value is -0.470. The Morgan fingerprint density at radius 2 is 2.29 bits per heavy atom. The molecule has 0 amide bonds. The van der Waals surface area contributed by atoms with E-state index in [1.54, 1.807) is 11.1 Å². The first-order valence-corrected chi connectivity index (χ1v) is 7.68. The van der Waals surface area contributed by atoms with Gasteiger partial charge in [0, 0.05) is 23.8 Å². The molecule has 0 bridgehead atoms. The monoisotopic (exact) mass is 247 g/mol. The van der Waals surface area contributed by atoms with Crippen molar-refractivity contribution in [3.05, 3.63) is 35.4 Å². The molecule has 1 aromatic rings. The zero-order chi connectivity index (χ0) is 11.7. The number of hydrogen-bond acceptors (Lipinski definition) is 2. The molecule has 1 fully saturated rings. The largest absolute Gasteiger partial charge is 0.315 e. The van der Waals surface area contributed by atoms with E-state index in [0.29, 0.717) is 4.75 Å². The van der Waals surface area contributed by atoms with Gasteiger partial charge in [0.25, 0.3) is 0 Å². The summed E-state index contributed by atoms with van der Waals surface area (Å²) in [7, 11) is 0. The second kappa shape index (κ2) is 4.66. The quantitative estimate of drug-likeness (QED) is 0.877. The highest BCUT2D eigenvalue weighted by atomic mass is 32.2. The normalized spacial score (nSPS) is 31.0. The van der Waals surface area contributed by atoms with Gasteiger partial charge in [-0.15, -0.1) is 0 Å². The Morgan fingerprint density at radius 3 is 3.06 bits per heavy atom. The van der Waals surface area contributed by atoms with E-state index >= 15 is 0 Å². The number of hydrogen-bond donors (Lipinski definition) is 1. The molecule has 2 atom stereocenters. The minimum Gasteiger partial charge on any atom is -0.315 e. The van der Waals surface area contributed by atoms with Crippen LogP contribution in [-0.4, -0.2) is 23.6 Å². The molecule has 1 aliphatic carbocycles. The molecule has 1 heterocycles. The average molecular weight is 247 g/mol. The Labute approximate surface area is 108 Å². The maximum atomic E-state index is 3.69. The van der Waals surface area contributed by atoms with Crippen LogP contribution in [0.25, 0.3) is 0 Å². The Morgan fingerprint density at radius 1 is 1.41 bits per heavy atom. The highest BCUT2D eigenvalue weighted by molar-refractivity contribution is 8.00. The van der Waals surface area contributed by atoms with E-state index in [0.717, 1.165) is 12.5 Å². The Balaban J connectivity index is 1.48. The van der Waals surface area contributed by atoms with E-state index in [1.807, 2.05) is 0 Å². The molecular weight excluding hydrogens is 226 g/mol. The molecule has 1 saturated heterocycles. The fraction of sp³-hybridized carbons (Fsp3) is 0.600. The van der Waals surface area contributed by atoms with Gasteiger partial charge < -0.3 is 5.32 Å². The van der Waals surface area contributed by atoms with Gasteiger partial charge in [-0.1, -0.05) is 24.3 Å². The van der Waals surface area contributed by atoms with Crippen LogP contribution in [0.4, 0.5) is 0 Å². The molecule has 92 valence electrons. The molecule has 1 aromatic carbocycles. The van der Waals surface area contributed by atoms with Crippen LogP contribution >= 0.6 is 11.8 Å². The maximum absolute atomic E-state index is 3.69. The molecule has 1 aliphatic heterocycles. The van der Waals surface area contributed by atoms with E-state index < -0.39 is 0 Å². The van der Waals surface area contributed by atoms with Crippen molar-refractivity contribution in [1.82, 2.24) is 5.32 Å². The van der Waals surface area contributed by atoms with E-state index in [9.17, 15) is 0 Å². The topological polar surface area (TPSA) is 12.0 Å². The van der Waals surface area contributed by atoms with Crippen LogP contribution in [0.1, 0.15) is 36.8 Å². The average Bonchev–Trinajstić information content (AvgIpc) is 2.72. The molecule has 1 N–H and O–H groups in total. The van der Waals surface area contributed by atoms with Crippen LogP contribution in [0.3, 0.4) is 0 Å². The molecule has 0 aromatic heterocycles. The molecule has 1 nitrogen and oxygen atoms in total. The summed E-state index contributed by atoms with van der Waals surface area (Å²) in [4.78, 5) is 0. The van der Waals surface area contributed by atoms with E-state index in [4.69, 9.17) is 0 Å². The molecule has 0 radical (unpaired) electrons. The predicted molar refractivity (Wildman–Crippen MR) is 75.9 cm³/mol. The summed E-state index contributed by atoms with van der Waals surface area (Å²) in [5.41, 5.74) is 3.13. The standard InChI is InChI=1S/C15H21NS/c1-15(7-4-8-17-15)11-16-10-13-9-12-5-2-3-6-14(12)13/h2-3,5-6,13,16H,4,7-11H2,1H3. The van der Waals surface area contributed by atoms with Gasteiger partial charge in [0.2, 0.25) is 0 Å². The van der Waals surface area contributed by atoms with Crippen molar-refractivity contribution in [3.63, 3.8) is 0 Å². The minimum absolute atomic E-state index is 0.503. The first-order chi connectivity index (χ1) is 8.27. The first kappa shape index (κ1) is 11.6. The lowest BCUT2D eigenvalue weighted by Crippen LogP contribution is -2.37. The fourth-order valence-corrected chi connectivity index (χ4v) is 4.31. The molecule has 2 aliphatic rings. The van der Waals surface area contributed by atoms with Gasteiger partial charge >= 0.3 is 0 Å². The fourth-order valence-electron chi connectivity index (χ4n) is 3.03. The number of benzene rings is 1. The molecular formula is C15H21NS. The summed E-state index contributed by atoms with van der Waals surface area (Å²) in [5.74, 6) is 2.12. The summed E-state index contributed by atoms with van der Waals surface area (Å²) < 4.78 is 0.503. The smallest absolute Gasteiger partial charge is 0.0256 e. The lowest BCUT2D eigenvalue weighted by molar-refractivity contribution is 0.487. The molecule has 0 saturated carbocycles. The lowest BCUT2D eigenvalue weighted by Gasteiger charge is -2.32. The predicted octanol–water partition coefficient (Wildman–Crippen LogP) is 3.20. The third-order valence-corrected chi connectivity index (χ3v) is 5.69. The highest BCUT2D eigenvalue weighted by Gasteiger charge is 2.30. The summed E-state index contributed by atoms with van der Waals surface area (Å²) in [6, 6.07) is 8.87. The van der Waals surface area contributed by atoms with Gasteiger partial charge in [0.05, 0.1) is 0 Å². The number of thioether (sulfide) groups is 1. The third kappa shape index (κ3) is 2.38. The van der Waals surface area contributed by atoms with Crippen molar-refractivity contribution in [2.24, 2.45) is 0 Å². The van der Waals surface area contributed by atoms with E-state index in [2.05, 4.69) is 48.3 Å². The van der Waals surface area contributed by atoms with Gasteiger partial charge in [-0.2, -0.15) is 11.8 Å². The minimum atomic E-state index is 0.503. The summed E-state index contributed by atoms with van der Waals surface area (Å²) in [6.07, 6.45) is 4.05. The van der Waals surface area contributed by atoms with Crippen molar-refractivity contribution in [2.75, 3.05) is 18.8 Å². The lowest BCUT2D eigenvalue weighted by atomic mass is 9.77. The van der Waals surface area contributed by atoms with Gasteiger partial charge in [-0.05, 0) is 43.1 Å². The van der Waals surface area contributed by atoms with Crippen LogP contribution in [0.2, 0.25) is 0 Å².